The molecule has 1 aliphatic rings. The van der Waals surface area contributed by atoms with E-state index in [0.717, 1.165) is 14.2 Å². The monoisotopic (exact) mass is 452 g/mol. The number of nitrogens with one attached hydrogen (secondary N) is 1. The second kappa shape index (κ2) is 9.61. The highest BCUT2D eigenvalue weighted by atomic mass is 16.5. The van der Waals surface area contributed by atoms with Gasteiger partial charge in [-0.2, -0.15) is 5.26 Å². The summed E-state index contributed by atoms with van der Waals surface area (Å²) >= 11 is 0. The van der Waals surface area contributed by atoms with Gasteiger partial charge in [-0.05, 0) is 35.4 Å². The molecular weight excluding hydrogens is 428 g/mol. The normalized spacial score (nSPS) is 24.1. The van der Waals surface area contributed by atoms with Crippen LogP contribution in [0.1, 0.15) is 23.1 Å². The second-order valence-electron chi connectivity index (χ2n) is 7.44. The van der Waals surface area contributed by atoms with E-state index in [9.17, 15) is 19.6 Å². The van der Waals surface area contributed by atoms with Gasteiger partial charge in [-0.1, -0.05) is 24.3 Å². The van der Waals surface area contributed by atoms with Gasteiger partial charge in [0.25, 0.3) is 0 Å². The zero-order valence-electron chi connectivity index (χ0n) is 18.7. The minimum atomic E-state index is -1.98. The predicted octanol–water partition coefficient (Wildman–Crippen LogP) is 2.13. The van der Waals surface area contributed by atoms with Gasteiger partial charge in [-0.15, -0.1) is 0 Å². The highest BCUT2D eigenvalue weighted by Gasteiger charge is 2.64. The van der Waals surface area contributed by atoms with Crippen molar-refractivity contribution in [2.24, 2.45) is 11.3 Å². The van der Waals surface area contributed by atoms with E-state index in [-0.39, 0.29) is 0 Å². The van der Waals surface area contributed by atoms with Gasteiger partial charge in [0.1, 0.15) is 17.4 Å². The maximum atomic E-state index is 13.3. The number of nitriles is 1. The third-order valence-electron chi connectivity index (χ3n) is 5.94. The van der Waals surface area contributed by atoms with Crippen LogP contribution in [-0.4, -0.2) is 46.3 Å². The van der Waals surface area contributed by atoms with E-state index in [1.165, 1.54) is 14.2 Å². The van der Waals surface area contributed by atoms with Gasteiger partial charge >= 0.3 is 11.9 Å². The van der Waals surface area contributed by atoms with Crippen LogP contribution in [0.2, 0.25) is 0 Å². The molecule has 0 radical (unpaired) electrons. The van der Waals surface area contributed by atoms with Crippen LogP contribution in [-0.2, 0) is 23.9 Å². The number of carbonyl (C=O) groups excluding carboxylic acids is 3. The van der Waals surface area contributed by atoms with Crippen LogP contribution in [0.4, 0.5) is 0 Å². The van der Waals surface area contributed by atoms with Crippen molar-refractivity contribution in [2.45, 2.75) is 12.0 Å². The molecule has 1 saturated heterocycles. The Hall–Kier alpha value is -4.06. The summed E-state index contributed by atoms with van der Waals surface area (Å²) in [6, 6.07) is 14.0. The molecule has 0 aliphatic carbocycles. The molecule has 33 heavy (non-hydrogen) atoms. The maximum absolute atomic E-state index is 13.3. The van der Waals surface area contributed by atoms with Crippen molar-refractivity contribution in [3.8, 4) is 17.6 Å². The number of benzene rings is 2. The van der Waals surface area contributed by atoms with Gasteiger partial charge in [0.15, 0.2) is 5.41 Å². The van der Waals surface area contributed by atoms with Crippen molar-refractivity contribution >= 4 is 17.8 Å². The fraction of sp³-hybridized carbons (Fsp3) is 0.333. The number of carbonyl (C=O) groups is 3. The van der Waals surface area contributed by atoms with Gasteiger partial charge in [-0.3, -0.25) is 14.4 Å². The molecule has 3 rings (SSSR count). The topological polar surface area (TPSA) is 124 Å². The first-order chi connectivity index (χ1) is 15.9. The maximum Gasteiger partial charge on any atom is 0.329 e. The molecule has 2 aromatic carbocycles. The van der Waals surface area contributed by atoms with Crippen LogP contribution in [0, 0.1) is 22.7 Å². The molecule has 4 unspecified atom stereocenters. The van der Waals surface area contributed by atoms with Gasteiger partial charge in [-0.25, -0.2) is 0 Å². The van der Waals surface area contributed by atoms with Crippen molar-refractivity contribution in [1.29, 1.82) is 5.26 Å². The molecule has 4 atom stereocenters. The Kier molecular flexibility index (Phi) is 6.87. The number of hydrogen-bond acceptors (Lipinski definition) is 8. The van der Waals surface area contributed by atoms with E-state index in [1.54, 1.807) is 48.5 Å². The Morgan fingerprint density at radius 2 is 1.39 bits per heavy atom. The van der Waals surface area contributed by atoms with E-state index < -0.39 is 41.1 Å². The lowest BCUT2D eigenvalue weighted by Gasteiger charge is -2.46. The van der Waals surface area contributed by atoms with Gasteiger partial charge in [0.05, 0.1) is 40.6 Å². The average Bonchev–Trinajstić information content (AvgIpc) is 2.87. The van der Waals surface area contributed by atoms with Crippen LogP contribution in [0.25, 0.3) is 0 Å². The van der Waals surface area contributed by atoms with Crippen LogP contribution in [0.15, 0.2) is 48.5 Å². The van der Waals surface area contributed by atoms with E-state index in [4.69, 9.17) is 18.9 Å². The molecule has 9 nitrogen and oxygen atoms in total. The number of ether oxygens (including phenoxy) is 4. The quantitative estimate of drug-likeness (QED) is 0.522. The van der Waals surface area contributed by atoms with Crippen molar-refractivity contribution in [2.75, 3.05) is 28.4 Å². The number of hydrogen-bond donors (Lipinski definition) is 1. The van der Waals surface area contributed by atoms with Crippen LogP contribution in [0.5, 0.6) is 11.5 Å². The molecule has 2 aromatic rings. The summed E-state index contributed by atoms with van der Waals surface area (Å²) in [5, 5.41) is 13.1. The second-order valence-corrected chi connectivity index (χ2v) is 7.44. The van der Waals surface area contributed by atoms with Gasteiger partial charge < -0.3 is 24.3 Å². The Morgan fingerprint density at radius 3 is 1.82 bits per heavy atom. The molecule has 1 heterocycles. The summed E-state index contributed by atoms with van der Waals surface area (Å²) < 4.78 is 20.3. The summed E-state index contributed by atoms with van der Waals surface area (Å²) in [4.78, 5) is 39.2. The Bertz CT molecular complexity index is 1080. The number of rotatable bonds is 6. The highest BCUT2D eigenvalue weighted by molar-refractivity contribution is 6.02. The smallest absolute Gasteiger partial charge is 0.329 e. The number of esters is 2. The third kappa shape index (κ3) is 3.96. The lowest BCUT2D eigenvalue weighted by Crippen LogP contribution is -2.60. The Balaban J connectivity index is 2.30. The number of piperidine rings is 1. The first-order valence-electron chi connectivity index (χ1n) is 10.0. The molecule has 0 saturated carbocycles. The zero-order chi connectivity index (χ0) is 24.2. The lowest BCUT2D eigenvalue weighted by atomic mass is 9.59. The van der Waals surface area contributed by atoms with Crippen molar-refractivity contribution < 1.29 is 33.3 Å². The molecule has 1 aliphatic heterocycles. The predicted molar refractivity (Wildman–Crippen MR) is 115 cm³/mol. The van der Waals surface area contributed by atoms with E-state index in [2.05, 4.69) is 11.4 Å². The Morgan fingerprint density at radius 1 is 0.879 bits per heavy atom. The van der Waals surface area contributed by atoms with Crippen LogP contribution >= 0.6 is 0 Å². The fourth-order valence-corrected chi connectivity index (χ4v) is 4.31. The molecule has 1 fully saturated rings. The minimum absolute atomic E-state index is 0.409. The summed E-state index contributed by atoms with van der Waals surface area (Å²) in [5.41, 5.74) is -1.10. The van der Waals surface area contributed by atoms with Crippen molar-refractivity contribution in [3.05, 3.63) is 59.7 Å². The molecule has 0 aromatic heterocycles. The summed E-state index contributed by atoms with van der Waals surface area (Å²) in [7, 11) is 5.30. The summed E-state index contributed by atoms with van der Waals surface area (Å²) in [6.07, 6.45) is 0. The van der Waals surface area contributed by atoms with E-state index in [1.807, 2.05) is 0 Å². The third-order valence-corrected chi connectivity index (χ3v) is 5.94. The first kappa shape index (κ1) is 23.6. The largest absolute Gasteiger partial charge is 0.497 e. The lowest BCUT2D eigenvalue weighted by molar-refractivity contribution is -0.164. The minimum Gasteiger partial charge on any atom is -0.497 e. The Labute approximate surface area is 191 Å². The standard InChI is InChI=1S/C24H24N2O7/c1-30-16-9-5-14(6-10-16)19-18(22(28)32-3)21(27)26-20(24(19,13-25)23(29)33-4)15-7-11-17(31-2)12-8-15/h5-12,18-20H,1-4H3,(H,26,27). The number of methoxy groups -OCH3 is 4. The molecular formula is C24H24N2O7. The number of amides is 1. The van der Waals surface area contributed by atoms with Crippen LogP contribution in [0.3, 0.4) is 0 Å². The number of nitrogens with zero attached hydrogens (tertiary/aromatic N) is 1. The fourth-order valence-electron chi connectivity index (χ4n) is 4.31. The van der Waals surface area contributed by atoms with Gasteiger partial charge in [0.2, 0.25) is 5.91 Å². The van der Waals surface area contributed by atoms with E-state index in [0.29, 0.717) is 22.6 Å². The van der Waals surface area contributed by atoms with E-state index >= 15 is 0 Å². The average molecular weight is 452 g/mol. The molecule has 0 spiro atoms. The summed E-state index contributed by atoms with van der Waals surface area (Å²) in [5.74, 6) is -4.00. The van der Waals surface area contributed by atoms with Gasteiger partial charge in [0, 0.05) is 5.92 Å². The molecule has 0 bridgehead atoms. The molecule has 172 valence electrons. The summed E-state index contributed by atoms with van der Waals surface area (Å²) in [6.45, 7) is 0. The van der Waals surface area contributed by atoms with Crippen LogP contribution < -0.4 is 14.8 Å². The van der Waals surface area contributed by atoms with Crippen molar-refractivity contribution in [1.82, 2.24) is 5.32 Å². The molecule has 1 N–H and O–H groups in total. The molecule has 1 amide bonds. The zero-order valence-corrected chi connectivity index (χ0v) is 18.7. The van der Waals surface area contributed by atoms with Crippen molar-refractivity contribution in [3.63, 3.8) is 0 Å². The molecule has 9 heteroatoms. The highest BCUT2D eigenvalue weighted by Crippen LogP contribution is 2.53. The first-order valence-corrected chi connectivity index (χ1v) is 10.0. The SMILES string of the molecule is COC(=O)C1C(=O)NC(c2ccc(OC)cc2)C(C#N)(C(=O)OC)C1c1ccc(OC)cc1.